The van der Waals surface area contributed by atoms with Crippen LogP contribution in [0.5, 0.6) is 0 Å². The van der Waals surface area contributed by atoms with E-state index < -0.39 is 0 Å². The van der Waals surface area contributed by atoms with E-state index >= 15 is 0 Å². The van der Waals surface area contributed by atoms with Gasteiger partial charge in [0.15, 0.2) is 5.82 Å². The first-order valence-corrected chi connectivity index (χ1v) is 11.0. The summed E-state index contributed by atoms with van der Waals surface area (Å²) in [4.78, 5) is 26.1. The molecule has 7 heteroatoms. The fourth-order valence-corrected chi connectivity index (χ4v) is 5.72. The summed E-state index contributed by atoms with van der Waals surface area (Å²) in [5, 5.41) is 1.30. The van der Waals surface area contributed by atoms with E-state index in [1.54, 1.807) is 18.6 Å². The van der Waals surface area contributed by atoms with Crippen LogP contribution in [-0.2, 0) is 12.8 Å². The number of piperidine rings is 1. The van der Waals surface area contributed by atoms with Crippen LogP contribution in [-0.4, -0.2) is 58.1 Å². The molecule has 5 rings (SSSR count). The molecular weight excluding hydrogens is 368 g/mol. The number of hydrogen-bond donors (Lipinski definition) is 0. The van der Waals surface area contributed by atoms with Gasteiger partial charge >= 0.3 is 0 Å². The summed E-state index contributed by atoms with van der Waals surface area (Å²) in [6.45, 7) is 2.07. The van der Waals surface area contributed by atoms with Crippen molar-refractivity contribution in [2.24, 2.45) is 0 Å². The summed E-state index contributed by atoms with van der Waals surface area (Å²) in [6.07, 6.45) is 12.5. The maximum absolute atomic E-state index is 5.07. The highest BCUT2D eigenvalue weighted by molar-refractivity contribution is 7.19. The summed E-state index contributed by atoms with van der Waals surface area (Å²) in [5.41, 5.74) is 2.25. The van der Waals surface area contributed by atoms with Crippen molar-refractivity contribution in [3.8, 4) is 11.5 Å². The third-order valence-corrected chi connectivity index (χ3v) is 7.20. The molecule has 0 saturated carbocycles. The van der Waals surface area contributed by atoms with Crippen molar-refractivity contribution in [2.45, 2.75) is 44.6 Å². The number of aromatic nitrogens is 4. The van der Waals surface area contributed by atoms with Crippen LogP contribution in [0.2, 0.25) is 0 Å². The van der Waals surface area contributed by atoms with E-state index in [9.17, 15) is 0 Å². The van der Waals surface area contributed by atoms with E-state index in [2.05, 4.69) is 33.9 Å². The van der Waals surface area contributed by atoms with Gasteiger partial charge in [-0.05, 0) is 58.2 Å². The number of anilines is 1. The zero-order valence-electron chi connectivity index (χ0n) is 16.6. The van der Waals surface area contributed by atoms with Gasteiger partial charge in [0.2, 0.25) is 0 Å². The summed E-state index contributed by atoms with van der Waals surface area (Å²) in [5.74, 6) is 1.80. The fourth-order valence-electron chi connectivity index (χ4n) is 4.46. The van der Waals surface area contributed by atoms with Crippen LogP contribution >= 0.6 is 11.3 Å². The molecule has 1 aliphatic heterocycles. The van der Waals surface area contributed by atoms with E-state index in [1.165, 1.54) is 47.9 Å². The minimum atomic E-state index is 0.563. The van der Waals surface area contributed by atoms with Gasteiger partial charge in [-0.25, -0.2) is 15.0 Å². The normalized spacial score (nSPS) is 20.0. The predicted molar refractivity (Wildman–Crippen MR) is 114 cm³/mol. The predicted octanol–water partition coefficient (Wildman–Crippen LogP) is 3.56. The highest BCUT2D eigenvalue weighted by Gasteiger charge is 2.28. The van der Waals surface area contributed by atoms with E-state index in [-0.39, 0.29) is 0 Å². The van der Waals surface area contributed by atoms with Crippen molar-refractivity contribution in [1.82, 2.24) is 24.8 Å². The zero-order chi connectivity index (χ0) is 19.1. The van der Waals surface area contributed by atoms with Crippen LogP contribution in [0.1, 0.15) is 36.1 Å². The molecule has 0 aromatic carbocycles. The molecule has 4 heterocycles. The molecular formula is C21H26N6S. The smallest absolute Gasteiger partial charge is 0.183 e. The molecule has 1 atom stereocenters. The molecule has 3 aromatic heterocycles. The van der Waals surface area contributed by atoms with E-state index in [0.717, 1.165) is 35.9 Å². The lowest BCUT2D eigenvalue weighted by atomic mass is 9.96. The van der Waals surface area contributed by atoms with Crippen LogP contribution in [0.3, 0.4) is 0 Å². The second kappa shape index (κ2) is 7.37. The Hall–Kier alpha value is -2.12. The van der Waals surface area contributed by atoms with Crippen molar-refractivity contribution in [3.05, 3.63) is 29.0 Å². The monoisotopic (exact) mass is 394 g/mol. The maximum atomic E-state index is 5.07. The van der Waals surface area contributed by atoms with Gasteiger partial charge in [0.05, 0.1) is 11.6 Å². The Balaban J connectivity index is 1.67. The Labute approximate surface area is 169 Å². The van der Waals surface area contributed by atoms with Crippen molar-refractivity contribution in [2.75, 3.05) is 32.1 Å². The molecule has 28 heavy (non-hydrogen) atoms. The second-order valence-electron chi connectivity index (χ2n) is 8.06. The minimum absolute atomic E-state index is 0.563. The number of thiophene rings is 1. The molecule has 2 aliphatic rings. The average Bonchev–Trinajstić information content (AvgIpc) is 3.12. The van der Waals surface area contributed by atoms with Gasteiger partial charge in [-0.15, -0.1) is 11.3 Å². The van der Waals surface area contributed by atoms with Crippen LogP contribution in [0.25, 0.3) is 21.7 Å². The average molecular weight is 395 g/mol. The molecule has 6 nitrogen and oxygen atoms in total. The number of rotatable bonds is 3. The minimum Gasteiger partial charge on any atom is -0.354 e. The molecule has 1 fully saturated rings. The number of aryl methyl sites for hydroxylation is 2. The highest BCUT2D eigenvalue weighted by Crippen LogP contribution is 2.41. The topological polar surface area (TPSA) is 58.0 Å². The van der Waals surface area contributed by atoms with Crippen LogP contribution in [0, 0.1) is 0 Å². The largest absolute Gasteiger partial charge is 0.354 e. The summed E-state index contributed by atoms with van der Waals surface area (Å²) >= 11 is 1.86. The molecule has 1 unspecified atom stereocenters. The number of nitrogens with zero attached hydrogens (tertiary/aromatic N) is 6. The van der Waals surface area contributed by atoms with E-state index in [0.29, 0.717) is 11.9 Å². The zero-order valence-corrected chi connectivity index (χ0v) is 17.4. The molecule has 1 saturated heterocycles. The lowest BCUT2D eigenvalue weighted by Gasteiger charge is -2.37. The van der Waals surface area contributed by atoms with E-state index in [4.69, 9.17) is 9.97 Å². The molecule has 0 bridgehead atoms. The SMILES string of the molecule is CN(C)C1CCCN(c2nc(-c3cnccn3)nc3sc4c(c23)CCCC4)C1. The molecule has 0 amide bonds. The first-order valence-electron chi connectivity index (χ1n) is 10.2. The lowest BCUT2D eigenvalue weighted by Crippen LogP contribution is -2.45. The molecule has 0 N–H and O–H groups in total. The standard InChI is InChI=1S/C21H26N6S/c1-26(2)14-6-5-11-27(13-14)20-18-15-7-3-4-8-17(15)28-21(18)25-19(24-20)16-12-22-9-10-23-16/h9-10,12,14H,3-8,11,13H2,1-2H3. The molecule has 146 valence electrons. The summed E-state index contributed by atoms with van der Waals surface area (Å²) < 4.78 is 0. The van der Waals surface area contributed by atoms with Crippen LogP contribution in [0.4, 0.5) is 5.82 Å². The number of likely N-dealkylation sites (N-methyl/N-ethyl adjacent to an activating group) is 1. The number of hydrogen-bond acceptors (Lipinski definition) is 7. The lowest BCUT2D eigenvalue weighted by molar-refractivity contribution is 0.257. The Kier molecular flexibility index (Phi) is 4.72. The Bertz CT molecular complexity index is 983. The third-order valence-electron chi connectivity index (χ3n) is 6.01. The van der Waals surface area contributed by atoms with Crippen molar-refractivity contribution in [1.29, 1.82) is 0 Å². The van der Waals surface area contributed by atoms with Crippen LogP contribution < -0.4 is 4.90 Å². The molecule has 1 aliphatic carbocycles. The summed E-state index contributed by atoms with van der Waals surface area (Å²) in [7, 11) is 4.36. The highest BCUT2D eigenvalue weighted by atomic mass is 32.1. The van der Waals surface area contributed by atoms with Gasteiger partial charge in [-0.2, -0.15) is 0 Å². The molecule has 3 aromatic rings. The Morgan fingerprint density at radius 3 is 2.82 bits per heavy atom. The van der Waals surface area contributed by atoms with Gasteiger partial charge in [-0.1, -0.05) is 0 Å². The quantitative estimate of drug-likeness (QED) is 0.677. The first-order chi connectivity index (χ1) is 13.7. The third kappa shape index (κ3) is 3.16. The van der Waals surface area contributed by atoms with Gasteiger partial charge in [0.25, 0.3) is 0 Å². The van der Waals surface area contributed by atoms with Crippen LogP contribution in [0.15, 0.2) is 18.6 Å². The fraction of sp³-hybridized carbons (Fsp3) is 0.524. The van der Waals surface area contributed by atoms with Gasteiger partial charge in [0.1, 0.15) is 16.3 Å². The van der Waals surface area contributed by atoms with Crippen molar-refractivity contribution >= 4 is 27.4 Å². The Morgan fingerprint density at radius 1 is 1.11 bits per heavy atom. The first kappa shape index (κ1) is 17.9. The van der Waals surface area contributed by atoms with Gasteiger partial charge in [-0.3, -0.25) is 4.98 Å². The van der Waals surface area contributed by atoms with Crippen molar-refractivity contribution < 1.29 is 0 Å². The molecule has 0 radical (unpaired) electrons. The number of fused-ring (bicyclic) bond motifs is 3. The van der Waals surface area contributed by atoms with Crippen molar-refractivity contribution in [3.63, 3.8) is 0 Å². The Morgan fingerprint density at radius 2 is 2.00 bits per heavy atom. The van der Waals surface area contributed by atoms with Gasteiger partial charge < -0.3 is 9.80 Å². The summed E-state index contributed by atoms with van der Waals surface area (Å²) in [6, 6.07) is 0.563. The second-order valence-corrected chi connectivity index (χ2v) is 9.14. The van der Waals surface area contributed by atoms with Gasteiger partial charge in [0, 0.05) is 36.4 Å². The molecule has 0 spiro atoms. The maximum Gasteiger partial charge on any atom is 0.183 e. The van der Waals surface area contributed by atoms with E-state index in [1.807, 2.05) is 11.3 Å².